The average molecular weight is 275 g/mol. The van der Waals surface area contributed by atoms with Crippen molar-refractivity contribution in [3.8, 4) is 11.8 Å². The zero-order valence-electron chi connectivity index (χ0n) is 11.9. The number of ether oxygens (including phenoxy) is 3. The van der Waals surface area contributed by atoms with Crippen molar-refractivity contribution in [2.75, 3.05) is 20.3 Å². The summed E-state index contributed by atoms with van der Waals surface area (Å²) in [7, 11) is 1.63. The van der Waals surface area contributed by atoms with E-state index in [0.29, 0.717) is 13.0 Å². The molecule has 0 N–H and O–H groups in total. The van der Waals surface area contributed by atoms with E-state index in [1.54, 1.807) is 7.11 Å². The summed E-state index contributed by atoms with van der Waals surface area (Å²) < 4.78 is 16.4. The van der Waals surface area contributed by atoms with Crippen LogP contribution in [0.4, 0.5) is 0 Å². The van der Waals surface area contributed by atoms with Crippen LogP contribution in [-0.2, 0) is 9.47 Å². The van der Waals surface area contributed by atoms with Gasteiger partial charge in [0.25, 0.3) is 0 Å². The lowest BCUT2D eigenvalue weighted by Gasteiger charge is -2.23. The highest BCUT2D eigenvalue weighted by molar-refractivity contribution is 5.33. The minimum atomic E-state index is -0.173. The number of methoxy groups -OCH3 is 1. The molecule has 2 rings (SSSR count). The molecule has 1 aromatic rings. The summed E-state index contributed by atoms with van der Waals surface area (Å²) in [5.41, 5.74) is 0.972. The third kappa shape index (κ3) is 4.22. The van der Waals surface area contributed by atoms with Crippen molar-refractivity contribution in [2.45, 2.75) is 37.9 Å². The molecule has 1 heterocycles. The Bertz CT molecular complexity index is 449. The Labute approximate surface area is 120 Å². The Morgan fingerprint density at radius 2 is 2.35 bits per heavy atom. The van der Waals surface area contributed by atoms with Gasteiger partial charge < -0.3 is 14.2 Å². The van der Waals surface area contributed by atoms with Crippen molar-refractivity contribution in [1.29, 1.82) is 5.26 Å². The van der Waals surface area contributed by atoms with Crippen LogP contribution in [0.2, 0.25) is 0 Å². The first-order chi connectivity index (χ1) is 9.83. The fourth-order valence-corrected chi connectivity index (χ4v) is 2.32. The molecule has 0 spiro atoms. The van der Waals surface area contributed by atoms with Crippen molar-refractivity contribution < 1.29 is 14.2 Å². The van der Waals surface area contributed by atoms with Crippen molar-refractivity contribution >= 4 is 0 Å². The van der Waals surface area contributed by atoms with E-state index >= 15 is 0 Å². The molecule has 1 aliphatic rings. The summed E-state index contributed by atoms with van der Waals surface area (Å²) in [6.45, 7) is 1.32. The first-order valence-corrected chi connectivity index (χ1v) is 7.10. The summed E-state index contributed by atoms with van der Waals surface area (Å²) in [5, 5.41) is 9.30. The first kappa shape index (κ1) is 14.8. The van der Waals surface area contributed by atoms with Crippen molar-refractivity contribution in [1.82, 2.24) is 0 Å². The molecular formula is C16H21NO3. The van der Waals surface area contributed by atoms with Crippen LogP contribution in [0.5, 0.6) is 5.75 Å². The van der Waals surface area contributed by atoms with Gasteiger partial charge in [-0.3, -0.25) is 0 Å². The summed E-state index contributed by atoms with van der Waals surface area (Å²) in [6, 6.07) is 9.98. The molecule has 2 unspecified atom stereocenters. The van der Waals surface area contributed by atoms with E-state index in [1.807, 2.05) is 24.3 Å². The second-order valence-corrected chi connectivity index (χ2v) is 4.91. The van der Waals surface area contributed by atoms with Crippen LogP contribution in [0.1, 0.15) is 37.2 Å². The Kier molecular flexibility index (Phi) is 5.85. The zero-order valence-corrected chi connectivity index (χ0v) is 11.9. The molecule has 1 fully saturated rings. The predicted molar refractivity (Wildman–Crippen MR) is 75.5 cm³/mol. The van der Waals surface area contributed by atoms with Gasteiger partial charge in [0, 0.05) is 6.61 Å². The Morgan fingerprint density at radius 3 is 3.05 bits per heavy atom. The van der Waals surface area contributed by atoms with Crippen LogP contribution in [-0.4, -0.2) is 26.6 Å². The lowest BCUT2D eigenvalue weighted by Crippen LogP contribution is -2.23. The molecule has 0 aliphatic carbocycles. The minimum absolute atomic E-state index is 0.0894. The molecule has 4 heteroatoms. The minimum Gasteiger partial charge on any atom is -0.497 e. The van der Waals surface area contributed by atoms with Crippen LogP contribution in [0, 0.1) is 11.3 Å². The highest BCUT2D eigenvalue weighted by atomic mass is 16.7. The third-order valence-electron chi connectivity index (χ3n) is 3.50. The van der Waals surface area contributed by atoms with E-state index in [0.717, 1.165) is 37.2 Å². The summed E-state index contributed by atoms with van der Waals surface area (Å²) >= 11 is 0. The predicted octanol–water partition coefficient (Wildman–Crippen LogP) is 3.24. The molecular weight excluding hydrogens is 254 g/mol. The Balaban J connectivity index is 1.83. The molecule has 4 nitrogen and oxygen atoms in total. The molecule has 0 amide bonds. The normalized spacial score (nSPS) is 20.1. The van der Waals surface area contributed by atoms with Crippen LogP contribution < -0.4 is 4.74 Å². The van der Waals surface area contributed by atoms with E-state index in [1.165, 1.54) is 0 Å². The van der Waals surface area contributed by atoms with Crippen molar-refractivity contribution in [3.05, 3.63) is 29.8 Å². The molecule has 0 aromatic heterocycles. The van der Waals surface area contributed by atoms with Gasteiger partial charge >= 0.3 is 0 Å². The molecule has 0 saturated carbocycles. The molecule has 108 valence electrons. The van der Waals surface area contributed by atoms with Gasteiger partial charge in [0.15, 0.2) is 6.29 Å². The SMILES string of the molecule is COc1cccc(C(C#N)CCOC2CCCCO2)c1. The van der Waals surface area contributed by atoms with E-state index in [2.05, 4.69) is 6.07 Å². The van der Waals surface area contributed by atoms with Gasteiger partial charge in [-0.05, 0) is 43.4 Å². The summed E-state index contributed by atoms with van der Waals surface area (Å²) in [6.07, 6.45) is 3.81. The summed E-state index contributed by atoms with van der Waals surface area (Å²) in [4.78, 5) is 0. The average Bonchev–Trinajstić information content (AvgIpc) is 2.52. The molecule has 0 bridgehead atoms. The number of rotatable bonds is 6. The maximum absolute atomic E-state index is 9.30. The molecule has 2 atom stereocenters. The van der Waals surface area contributed by atoms with E-state index < -0.39 is 0 Å². The summed E-state index contributed by atoms with van der Waals surface area (Å²) in [5.74, 6) is 0.605. The standard InChI is InChI=1S/C16H21NO3/c1-18-15-6-4-5-13(11-15)14(12-17)8-10-20-16-7-2-3-9-19-16/h4-6,11,14,16H,2-3,7-10H2,1H3. The zero-order chi connectivity index (χ0) is 14.2. The lowest BCUT2D eigenvalue weighted by atomic mass is 9.97. The maximum atomic E-state index is 9.30. The van der Waals surface area contributed by atoms with Gasteiger partial charge in [0.1, 0.15) is 5.75 Å². The smallest absolute Gasteiger partial charge is 0.157 e. The topological polar surface area (TPSA) is 51.5 Å². The number of nitriles is 1. The highest BCUT2D eigenvalue weighted by Gasteiger charge is 2.16. The van der Waals surface area contributed by atoms with Gasteiger partial charge in [-0.25, -0.2) is 0 Å². The van der Waals surface area contributed by atoms with Gasteiger partial charge in [-0.15, -0.1) is 0 Å². The van der Waals surface area contributed by atoms with Crippen LogP contribution in [0.3, 0.4) is 0 Å². The molecule has 1 aromatic carbocycles. The number of hydrogen-bond acceptors (Lipinski definition) is 4. The van der Waals surface area contributed by atoms with Gasteiger partial charge in [0.05, 0.1) is 25.7 Å². The Morgan fingerprint density at radius 1 is 1.45 bits per heavy atom. The lowest BCUT2D eigenvalue weighted by molar-refractivity contribution is -0.162. The molecule has 20 heavy (non-hydrogen) atoms. The van der Waals surface area contributed by atoms with Gasteiger partial charge in [-0.1, -0.05) is 12.1 Å². The number of nitrogens with zero attached hydrogens (tertiary/aromatic N) is 1. The highest BCUT2D eigenvalue weighted by Crippen LogP contribution is 2.24. The number of benzene rings is 1. The third-order valence-corrected chi connectivity index (χ3v) is 3.50. The van der Waals surface area contributed by atoms with Gasteiger partial charge in [0.2, 0.25) is 0 Å². The fraction of sp³-hybridized carbons (Fsp3) is 0.562. The Hall–Kier alpha value is -1.57. The van der Waals surface area contributed by atoms with Crippen molar-refractivity contribution in [2.24, 2.45) is 0 Å². The van der Waals surface area contributed by atoms with Crippen LogP contribution in [0.25, 0.3) is 0 Å². The van der Waals surface area contributed by atoms with Gasteiger partial charge in [-0.2, -0.15) is 5.26 Å². The second-order valence-electron chi connectivity index (χ2n) is 4.91. The number of hydrogen-bond donors (Lipinski definition) is 0. The second kappa shape index (κ2) is 7.88. The van der Waals surface area contributed by atoms with E-state index in [9.17, 15) is 5.26 Å². The molecule has 1 saturated heterocycles. The molecule has 1 aliphatic heterocycles. The maximum Gasteiger partial charge on any atom is 0.157 e. The van der Waals surface area contributed by atoms with E-state index in [-0.39, 0.29) is 12.2 Å². The first-order valence-electron chi connectivity index (χ1n) is 7.10. The molecule has 0 radical (unpaired) electrons. The van der Waals surface area contributed by atoms with Crippen molar-refractivity contribution in [3.63, 3.8) is 0 Å². The van der Waals surface area contributed by atoms with E-state index in [4.69, 9.17) is 14.2 Å². The van der Waals surface area contributed by atoms with Crippen LogP contribution in [0.15, 0.2) is 24.3 Å². The quantitative estimate of drug-likeness (QED) is 0.799. The monoisotopic (exact) mass is 275 g/mol. The van der Waals surface area contributed by atoms with Crippen LogP contribution >= 0.6 is 0 Å². The fourth-order valence-electron chi connectivity index (χ4n) is 2.32. The largest absolute Gasteiger partial charge is 0.497 e.